The lowest BCUT2D eigenvalue weighted by molar-refractivity contribution is -0.215. The van der Waals surface area contributed by atoms with E-state index in [1.54, 1.807) is 0 Å². The van der Waals surface area contributed by atoms with Crippen molar-refractivity contribution in [1.82, 2.24) is 5.06 Å². The number of hydrogen-bond donors (Lipinski definition) is 1. The Morgan fingerprint density at radius 2 is 1.69 bits per heavy atom. The van der Waals surface area contributed by atoms with Gasteiger partial charge in [-0.1, -0.05) is 42.8 Å². The summed E-state index contributed by atoms with van der Waals surface area (Å²) in [7, 11) is 2.81. The number of benzene rings is 2. The van der Waals surface area contributed by atoms with Crippen LogP contribution in [-0.4, -0.2) is 36.4 Å². The van der Waals surface area contributed by atoms with Crippen molar-refractivity contribution in [2.45, 2.75) is 38.3 Å². The predicted molar refractivity (Wildman–Crippen MR) is 97.4 cm³/mol. The molecule has 0 radical (unpaired) electrons. The lowest BCUT2D eigenvalue weighted by atomic mass is 10.1. The smallest absolute Gasteiger partial charge is 0.305 e. The van der Waals surface area contributed by atoms with E-state index in [9.17, 15) is 14.8 Å². The number of fused-ring (bicyclic) bond motifs is 1. The fourth-order valence-corrected chi connectivity index (χ4v) is 2.81. The van der Waals surface area contributed by atoms with Crippen LogP contribution in [0.5, 0.6) is 0 Å². The van der Waals surface area contributed by atoms with Crippen LogP contribution in [0.25, 0.3) is 10.8 Å². The van der Waals surface area contributed by atoms with Crippen LogP contribution in [0.2, 0.25) is 0 Å². The topological polar surface area (TPSA) is 76.1 Å². The highest BCUT2D eigenvalue weighted by Crippen LogP contribution is 2.25. The average Bonchev–Trinajstić information content (AvgIpc) is 2.67. The van der Waals surface area contributed by atoms with Crippen molar-refractivity contribution in [3.05, 3.63) is 48.0 Å². The molecule has 26 heavy (non-hydrogen) atoms. The fraction of sp³-hybridized carbons (Fsp3) is 0.400. The molecule has 0 aliphatic rings. The number of esters is 1. The van der Waals surface area contributed by atoms with Gasteiger partial charge in [-0.05, 0) is 29.7 Å². The van der Waals surface area contributed by atoms with Crippen molar-refractivity contribution < 1.29 is 24.3 Å². The van der Waals surface area contributed by atoms with Crippen LogP contribution in [0.4, 0.5) is 0 Å². The van der Waals surface area contributed by atoms with Gasteiger partial charge >= 0.3 is 5.97 Å². The van der Waals surface area contributed by atoms with Crippen molar-refractivity contribution in [1.29, 1.82) is 0 Å². The molecule has 2 aromatic carbocycles. The van der Waals surface area contributed by atoms with E-state index in [1.165, 1.54) is 14.2 Å². The summed E-state index contributed by atoms with van der Waals surface area (Å²) in [6.45, 7) is 0. The van der Waals surface area contributed by atoms with Crippen LogP contribution in [0.3, 0.4) is 0 Å². The van der Waals surface area contributed by atoms with Gasteiger partial charge in [0.1, 0.15) is 0 Å². The number of hydrogen-bond acceptors (Lipinski definition) is 5. The monoisotopic (exact) mass is 359 g/mol. The Hall–Kier alpha value is -2.44. The van der Waals surface area contributed by atoms with E-state index < -0.39 is 12.1 Å². The summed E-state index contributed by atoms with van der Waals surface area (Å²) in [6, 6.07) is 13.5. The molecule has 1 amide bonds. The molecule has 0 saturated heterocycles. The number of carbonyl (C=O) groups is 2. The van der Waals surface area contributed by atoms with Gasteiger partial charge in [0.25, 0.3) is 0 Å². The van der Waals surface area contributed by atoms with Crippen LogP contribution < -0.4 is 0 Å². The van der Waals surface area contributed by atoms with E-state index in [0.717, 1.165) is 10.8 Å². The quantitative estimate of drug-likeness (QED) is 0.242. The summed E-state index contributed by atoms with van der Waals surface area (Å²) in [6.07, 6.45) is 1.62. The molecule has 0 heterocycles. The highest BCUT2D eigenvalue weighted by molar-refractivity contribution is 5.83. The maximum Gasteiger partial charge on any atom is 0.305 e. The van der Waals surface area contributed by atoms with E-state index in [4.69, 9.17) is 4.74 Å². The fourth-order valence-electron chi connectivity index (χ4n) is 2.81. The van der Waals surface area contributed by atoms with Crippen LogP contribution in [0.1, 0.15) is 43.9 Å². The second-order valence-electron chi connectivity index (χ2n) is 6.07. The normalized spacial score (nSPS) is 12.0. The zero-order chi connectivity index (χ0) is 18.9. The molecule has 6 nitrogen and oxygen atoms in total. The van der Waals surface area contributed by atoms with Gasteiger partial charge in [0.2, 0.25) is 5.91 Å². The maximum atomic E-state index is 12.2. The minimum absolute atomic E-state index is 0.186. The number of hydroxylamine groups is 2. The first-order valence-corrected chi connectivity index (χ1v) is 8.66. The molecule has 2 aromatic rings. The summed E-state index contributed by atoms with van der Waals surface area (Å²) >= 11 is 0. The number of rotatable bonds is 9. The minimum Gasteiger partial charge on any atom is -0.469 e. The van der Waals surface area contributed by atoms with Crippen molar-refractivity contribution >= 4 is 22.6 Å². The molecule has 0 spiro atoms. The lowest BCUT2D eigenvalue weighted by Gasteiger charge is -2.25. The van der Waals surface area contributed by atoms with Gasteiger partial charge in [-0.15, -0.1) is 0 Å². The third-order valence-corrected chi connectivity index (χ3v) is 4.26. The number of amides is 1. The zero-order valence-electron chi connectivity index (χ0n) is 15.2. The number of methoxy groups -OCH3 is 2. The van der Waals surface area contributed by atoms with Gasteiger partial charge in [0.15, 0.2) is 6.23 Å². The SMILES string of the molecule is COC(=O)CCCCCC(=O)N(O)C(OC)c1ccc2ccccc2c1. The van der Waals surface area contributed by atoms with Crippen molar-refractivity contribution in [3.63, 3.8) is 0 Å². The van der Waals surface area contributed by atoms with Crippen LogP contribution in [-0.2, 0) is 19.1 Å². The van der Waals surface area contributed by atoms with Gasteiger partial charge in [0, 0.05) is 25.5 Å². The van der Waals surface area contributed by atoms with Gasteiger partial charge < -0.3 is 9.47 Å². The minimum atomic E-state index is -0.859. The molecule has 6 heteroatoms. The van der Waals surface area contributed by atoms with E-state index >= 15 is 0 Å². The molecule has 0 saturated carbocycles. The largest absolute Gasteiger partial charge is 0.469 e. The Bertz CT molecular complexity index is 746. The summed E-state index contributed by atoms with van der Waals surface area (Å²) in [5, 5.41) is 13.0. The lowest BCUT2D eigenvalue weighted by Crippen LogP contribution is -2.32. The first-order valence-electron chi connectivity index (χ1n) is 8.66. The highest BCUT2D eigenvalue weighted by Gasteiger charge is 2.23. The zero-order valence-corrected chi connectivity index (χ0v) is 15.2. The Labute approximate surface area is 153 Å². The molecular formula is C20H25NO5. The Morgan fingerprint density at radius 3 is 2.38 bits per heavy atom. The first kappa shape index (κ1) is 19.9. The Kier molecular flexibility index (Phi) is 7.56. The standard InChI is InChI=1S/C20H25NO5/c1-25-19(23)11-5-3-4-10-18(22)21(24)20(26-2)17-13-12-15-8-6-7-9-16(15)14-17/h6-9,12-14,20,24H,3-5,10-11H2,1-2H3. The molecule has 0 bridgehead atoms. The second-order valence-corrected chi connectivity index (χ2v) is 6.07. The number of ether oxygens (including phenoxy) is 2. The van der Waals surface area contributed by atoms with Crippen molar-refractivity contribution in [2.24, 2.45) is 0 Å². The van der Waals surface area contributed by atoms with Gasteiger partial charge in [-0.25, -0.2) is 0 Å². The summed E-state index contributed by atoms with van der Waals surface area (Å²) < 4.78 is 9.91. The molecule has 1 unspecified atom stereocenters. The van der Waals surface area contributed by atoms with Gasteiger partial charge in [-0.3, -0.25) is 14.8 Å². The predicted octanol–water partition coefficient (Wildman–Crippen LogP) is 3.83. The summed E-state index contributed by atoms with van der Waals surface area (Å²) in [5.41, 5.74) is 0.702. The molecule has 2 rings (SSSR count). The van der Waals surface area contributed by atoms with E-state index in [1.807, 2.05) is 42.5 Å². The number of carbonyl (C=O) groups excluding carboxylic acids is 2. The number of nitrogens with zero attached hydrogens (tertiary/aromatic N) is 1. The Morgan fingerprint density at radius 1 is 1.00 bits per heavy atom. The molecular weight excluding hydrogens is 334 g/mol. The molecule has 0 aliphatic carbocycles. The number of unbranched alkanes of at least 4 members (excludes halogenated alkanes) is 2. The molecule has 0 fully saturated rings. The van der Waals surface area contributed by atoms with E-state index in [-0.39, 0.29) is 12.4 Å². The van der Waals surface area contributed by atoms with Crippen LogP contribution in [0, 0.1) is 0 Å². The third-order valence-electron chi connectivity index (χ3n) is 4.26. The van der Waals surface area contributed by atoms with Crippen molar-refractivity contribution in [2.75, 3.05) is 14.2 Å². The summed E-state index contributed by atoms with van der Waals surface area (Å²) in [4.78, 5) is 23.3. The molecule has 140 valence electrons. The Balaban J connectivity index is 1.92. The van der Waals surface area contributed by atoms with Crippen molar-refractivity contribution in [3.8, 4) is 0 Å². The van der Waals surface area contributed by atoms with Gasteiger partial charge in [0.05, 0.1) is 7.11 Å². The van der Waals surface area contributed by atoms with Gasteiger partial charge in [-0.2, -0.15) is 5.06 Å². The molecule has 1 atom stereocenters. The highest BCUT2D eigenvalue weighted by atomic mass is 16.6. The summed E-state index contributed by atoms with van der Waals surface area (Å²) in [5.74, 6) is -0.668. The van der Waals surface area contributed by atoms with E-state index in [0.29, 0.717) is 36.3 Å². The average molecular weight is 359 g/mol. The van der Waals surface area contributed by atoms with Crippen LogP contribution >= 0.6 is 0 Å². The molecule has 0 aliphatic heterocycles. The molecule has 0 aromatic heterocycles. The van der Waals surface area contributed by atoms with E-state index in [2.05, 4.69) is 4.74 Å². The first-order chi connectivity index (χ1) is 12.6. The maximum absolute atomic E-state index is 12.2. The second kappa shape index (κ2) is 9.89. The molecule has 1 N–H and O–H groups in total. The third kappa shape index (κ3) is 5.28. The van der Waals surface area contributed by atoms with Crippen LogP contribution in [0.15, 0.2) is 42.5 Å².